The predicted octanol–water partition coefficient (Wildman–Crippen LogP) is 16.2. The number of para-hydroxylation sites is 1. The minimum atomic E-state index is -1.86. The molecule has 9 aromatic rings. The number of fused-ring (bicyclic) bond motifs is 6. The van der Waals surface area contributed by atoms with Gasteiger partial charge in [0.05, 0.1) is 0 Å². The van der Waals surface area contributed by atoms with Gasteiger partial charge in [0.15, 0.2) is 0 Å². The summed E-state index contributed by atoms with van der Waals surface area (Å²) in [5.74, 6) is 0. The van der Waals surface area contributed by atoms with E-state index in [9.17, 15) is 0 Å². The number of hydrogen-bond donors (Lipinski definition) is 0. The normalized spacial score (nSPS) is 13.3. The summed E-state index contributed by atoms with van der Waals surface area (Å²) in [6.45, 7) is 8.99. The van der Waals surface area contributed by atoms with E-state index >= 15 is 0 Å². The van der Waals surface area contributed by atoms with Gasteiger partial charge in [0.1, 0.15) is 0 Å². The van der Waals surface area contributed by atoms with Gasteiger partial charge in [-0.25, -0.2) is 0 Å². The summed E-state index contributed by atoms with van der Waals surface area (Å²) in [4.78, 5) is 0. The van der Waals surface area contributed by atoms with E-state index in [1.54, 1.807) is 3.57 Å². The van der Waals surface area contributed by atoms with Crippen LogP contribution in [0, 0.1) is 50.4 Å². The van der Waals surface area contributed by atoms with Crippen LogP contribution in [0.25, 0.3) is 72.0 Å². The van der Waals surface area contributed by atoms with E-state index in [0.717, 1.165) is 57.0 Å². The summed E-state index contributed by atoms with van der Waals surface area (Å²) in [6, 6.07) is 73.3. The largest absolute Gasteiger partial charge is 2.00 e. The number of allylic oxidation sites excluding steroid dienone is 5. The number of rotatable bonds is 9. The molecule has 62 heavy (non-hydrogen) atoms. The van der Waals surface area contributed by atoms with Crippen LogP contribution in [-0.2, 0) is 4.43 Å². The fourth-order valence-corrected chi connectivity index (χ4v) is 15.4. The molecule has 1 aliphatic heterocycles. The maximum atomic E-state index is 4.48. The van der Waals surface area contributed by atoms with Gasteiger partial charge in [-0.15, -0.1) is 6.07 Å². The molecule has 0 amide bonds. The van der Waals surface area contributed by atoms with Gasteiger partial charge in [-0.05, 0) is 0 Å². The maximum absolute atomic E-state index is 4.48. The van der Waals surface area contributed by atoms with E-state index in [0.29, 0.717) is 0 Å². The molecule has 0 unspecified atom stereocenters. The molecule has 0 bridgehead atoms. The van der Waals surface area contributed by atoms with Crippen molar-refractivity contribution in [3.63, 3.8) is 0 Å². The Morgan fingerprint density at radius 3 is 2.18 bits per heavy atom. The summed E-state index contributed by atoms with van der Waals surface area (Å²) in [5, 5.41) is 3.67. The van der Waals surface area contributed by atoms with E-state index in [4.69, 9.17) is 0 Å². The third-order valence-electron chi connectivity index (χ3n) is 12.0. The van der Waals surface area contributed by atoms with Crippen LogP contribution in [-0.4, -0.2) is 10.9 Å². The topological polar surface area (TPSA) is 4.93 Å². The second kappa shape index (κ2) is 18.2. The van der Waals surface area contributed by atoms with Crippen LogP contribution in [0.15, 0.2) is 206 Å². The maximum Gasteiger partial charge on any atom is 2.00 e. The Bertz CT molecular complexity index is 3230. The molecule has 10 rings (SSSR count). The van der Waals surface area contributed by atoms with Gasteiger partial charge in [-0.2, -0.15) is 24.3 Å². The van der Waals surface area contributed by atoms with Crippen molar-refractivity contribution in [3.05, 3.63) is 241 Å². The molecular formula is C58H43INPU. The van der Waals surface area contributed by atoms with E-state index in [1.165, 1.54) is 58.8 Å². The molecule has 0 spiro atoms. The first kappa shape index (κ1) is 42.1. The molecule has 0 atom stereocenters. The summed E-state index contributed by atoms with van der Waals surface area (Å²) >= 11 is -1.86. The van der Waals surface area contributed by atoms with E-state index in [1.807, 2.05) is 24.3 Å². The Hall–Kier alpha value is -5.27. The average Bonchev–Trinajstić information content (AvgIpc) is 3.66. The fourth-order valence-electron chi connectivity index (χ4n) is 8.67. The first-order chi connectivity index (χ1) is 30.0. The van der Waals surface area contributed by atoms with Crippen molar-refractivity contribution in [2.45, 2.75) is 18.3 Å². The summed E-state index contributed by atoms with van der Waals surface area (Å²) in [6.07, 6.45) is 6.60. The van der Waals surface area contributed by atoms with Gasteiger partial charge in [0.2, 0.25) is 0 Å². The van der Waals surface area contributed by atoms with Crippen molar-refractivity contribution in [3.8, 4) is 39.1 Å². The third kappa shape index (κ3) is 7.87. The van der Waals surface area contributed by atoms with Crippen LogP contribution in [0.5, 0.6) is 0 Å². The SMILES string of the molecule is C=PC(=C/C(=C)c1ccccc1)/C(C)=C(\C)c1cc(-c2cc[c-]c(-c3[c-]cccc3)c2)ccc1-n1c2ccccc2c2ccc(I3Cc4ccccc4-c4ccccc43)cc21.[U+2]. The first-order valence-electron chi connectivity index (χ1n) is 20.6. The van der Waals surface area contributed by atoms with Crippen molar-refractivity contribution >= 4 is 67.3 Å². The monoisotopic (exact) mass is 1150 g/mol. The summed E-state index contributed by atoms with van der Waals surface area (Å²) in [7, 11) is 0.937. The van der Waals surface area contributed by atoms with Crippen LogP contribution in [0.3, 0.4) is 0 Å². The smallest absolute Gasteiger partial charge is 2.00 e. The molecule has 0 N–H and O–H groups in total. The molecular weight excluding hydrogens is 1110 g/mol. The first-order valence-corrected chi connectivity index (χ1v) is 25.3. The molecule has 2 heterocycles. The van der Waals surface area contributed by atoms with Crippen LogP contribution < -0.4 is 0 Å². The molecule has 0 fully saturated rings. The predicted molar refractivity (Wildman–Crippen MR) is 272 cm³/mol. The Balaban J connectivity index is 0.00000490. The molecule has 0 saturated carbocycles. The molecule has 296 valence electrons. The van der Waals surface area contributed by atoms with Crippen molar-refractivity contribution in [1.29, 1.82) is 0 Å². The number of halogens is 1. The van der Waals surface area contributed by atoms with Crippen LogP contribution >= 0.6 is 28.0 Å². The van der Waals surface area contributed by atoms with Crippen LogP contribution in [0.1, 0.15) is 30.5 Å². The molecule has 0 aliphatic carbocycles. The molecule has 8 aromatic carbocycles. The zero-order valence-corrected chi connectivity index (χ0v) is 42.0. The Morgan fingerprint density at radius 1 is 0.645 bits per heavy atom. The van der Waals surface area contributed by atoms with Gasteiger partial charge >= 0.3 is 341 Å². The van der Waals surface area contributed by atoms with Gasteiger partial charge < -0.3 is 0 Å². The van der Waals surface area contributed by atoms with Crippen LogP contribution in [0.4, 0.5) is 0 Å². The zero-order chi connectivity index (χ0) is 41.5. The minimum Gasteiger partial charge on any atom is 2.00 e. The average molecular weight is 1150 g/mol. The van der Waals surface area contributed by atoms with E-state index in [-0.39, 0.29) is 31.1 Å². The van der Waals surface area contributed by atoms with Gasteiger partial charge in [0.25, 0.3) is 0 Å². The van der Waals surface area contributed by atoms with Crippen molar-refractivity contribution < 1.29 is 31.1 Å². The molecule has 4 heteroatoms. The summed E-state index contributed by atoms with van der Waals surface area (Å²) in [5.41, 5.74) is 17.9. The van der Waals surface area contributed by atoms with Gasteiger partial charge in [0, 0.05) is 0 Å². The van der Waals surface area contributed by atoms with Gasteiger partial charge in [-0.3, -0.25) is 0 Å². The second-order valence-corrected chi connectivity index (χ2v) is 21.5. The fraction of sp³-hybridized carbons (Fsp3) is 0.0517. The Kier molecular flexibility index (Phi) is 12.4. The van der Waals surface area contributed by atoms with E-state index in [2.05, 4.69) is 207 Å². The second-order valence-electron chi connectivity index (χ2n) is 15.5. The number of alkyl halides is 1. The van der Waals surface area contributed by atoms with Crippen LogP contribution in [0.2, 0.25) is 0 Å². The quantitative estimate of drug-likeness (QED) is 0.0446. The molecule has 1 aromatic heterocycles. The Labute approximate surface area is 398 Å². The van der Waals surface area contributed by atoms with Crippen molar-refractivity contribution in [2.24, 2.45) is 0 Å². The van der Waals surface area contributed by atoms with Crippen molar-refractivity contribution in [2.75, 3.05) is 0 Å². The number of hydrogen-bond acceptors (Lipinski definition) is 0. The van der Waals surface area contributed by atoms with E-state index < -0.39 is 19.8 Å². The summed E-state index contributed by atoms with van der Waals surface area (Å²) < 4.78 is 6.68. The number of nitrogens with zero attached hydrogens (tertiary/aromatic N) is 1. The van der Waals surface area contributed by atoms with Crippen molar-refractivity contribution in [1.82, 2.24) is 4.57 Å². The number of benzene rings is 8. The molecule has 0 radical (unpaired) electrons. The standard InChI is InChI=1S/C58H43INP.U/c1-39(42-18-7-5-8-19-42)34-58(61-4)41(3)40(2)53-36-46(45-24-17-23-44(35-45)43-20-9-6-10-21-43)30-33-56(53)60-55-29-16-14-27-51(55)52-32-31-48(37-57(52)60)59-38-47-22-11-12-25-49(47)50-26-13-15-28-54(50)59;/h5-20,22,24-37H,1,4,38H2,2-3H3;/q-2;+2/b41-40+,58-34+;. The molecule has 1 aliphatic rings. The number of aromatic nitrogens is 1. The Morgan fingerprint density at radius 2 is 1.35 bits per heavy atom. The zero-order valence-electron chi connectivity index (χ0n) is 34.8. The molecule has 0 saturated heterocycles. The molecule has 1 nitrogen and oxygen atoms in total. The third-order valence-corrected chi connectivity index (χ3v) is 18.9. The van der Waals surface area contributed by atoms with Gasteiger partial charge in [-0.1, -0.05) is 30.3 Å². The minimum absolute atomic E-state index is 0.